The summed E-state index contributed by atoms with van der Waals surface area (Å²) < 4.78 is 0. The van der Waals surface area contributed by atoms with Crippen LogP contribution in [0.2, 0.25) is 0 Å². The van der Waals surface area contributed by atoms with E-state index in [0.717, 1.165) is 12.4 Å². The fraction of sp³-hybridized carbons (Fsp3) is 0.333. The average Bonchev–Trinajstić information content (AvgIpc) is 1.90. The van der Waals surface area contributed by atoms with Gasteiger partial charge in [0.2, 0.25) is 0 Å². The average molecular weight is 110 g/mol. The van der Waals surface area contributed by atoms with E-state index in [4.69, 9.17) is 0 Å². The second-order valence-electron chi connectivity index (χ2n) is 1.64. The monoisotopic (exact) mass is 110 g/mol. The molecule has 0 amide bonds. The van der Waals surface area contributed by atoms with Crippen molar-refractivity contribution < 1.29 is 0 Å². The lowest BCUT2D eigenvalue weighted by atomic mass is 10.4. The van der Waals surface area contributed by atoms with Gasteiger partial charge >= 0.3 is 0 Å². The smallest absolute Gasteiger partial charge is 0.0986 e. The van der Waals surface area contributed by atoms with Gasteiger partial charge in [0.15, 0.2) is 0 Å². The summed E-state index contributed by atoms with van der Waals surface area (Å²) in [5, 5.41) is 6.13. The van der Waals surface area contributed by atoms with Gasteiger partial charge in [0.25, 0.3) is 0 Å². The van der Waals surface area contributed by atoms with E-state index in [1.165, 1.54) is 0 Å². The lowest BCUT2D eigenvalue weighted by Crippen LogP contribution is -2.24. The van der Waals surface area contributed by atoms with Gasteiger partial charge in [-0.2, -0.15) is 0 Å². The Hall–Kier alpha value is -0.920. The van der Waals surface area contributed by atoms with Gasteiger partial charge in [-0.3, -0.25) is 0 Å². The number of rotatable bonds is 1. The second-order valence-corrected chi connectivity index (χ2v) is 1.64. The van der Waals surface area contributed by atoms with Crippen LogP contribution in [0.15, 0.2) is 24.0 Å². The highest BCUT2D eigenvalue weighted by molar-refractivity contribution is 5.14. The van der Waals surface area contributed by atoms with Gasteiger partial charge in [0.05, 0.1) is 5.82 Å². The Bertz CT molecular complexity index is 124. The summed E-state index contributed by atoms with van der Waals surface area (Å²) in [4.78, 5) is 0. The molecule has 44 valence electrons. The molecule has 0 saturated carbocycles. The highest BCUT2D eigenvalue weighted by Crippen LogP contribution is 1.88. The van der Waals surface area contributed by atoms with Gasteiger partial charge in [0, 0.05) is 13.6 Å². The molecule has 1 rings (SSSR count). The molecule has 2 N–H and O–H groups in total. The van der Waals surface area contributed by atoms with Gasteiger partial charge in [-0.05, 0) is 6.08 Å². The fourth-order valence-electron chi connectivity index (χ4n) is 0.632. The topological polar surface area (TPSA) is 24.1 Å². The molecule has 0 aromatic carbocycles. The molecule has 0 aromatic heterocycles. The van der Waals surface area contributed by atoms with Crippen LogP contribution in [0.3, 0.4) is 0 Å². The van der Waals surface area contributed by atoms with Crippen molar-refractivity contribution in [3.63, 3.8) is 0 Å². The summed E-state index contributed by atoms with van der Waals surface area (Å²) in [5.74, 6) is 1.09. The zero-order valence-corrected chi connectivity index (χ0v) is 4.94. The Morgan fingerprint density at radius 1 is 1.75 bits per heavy atom. The quantitative estimate of drug-likeness (QED) is 0.504. The Morgan fingerprint density at radius 2 is 2.62 bits per heavy atom. The maximum absolute atomic E-state index is 3.13. The summed E-state index contributed by atoms with van der Waals surface area (Å²) in [6, 6.07) is 0. The minimum atomic E-state index is 0.937. The first-order valence-corrected chi connectivity index (χ1v) is 2.72. The Morgan fingerprint density at radius 3 is 3.00 bits per heavy atom. The summed E-state index contributed by atoms with van der Waals surface area (Å²) in [7, 11) is 1.90. The van der Waals surface area contributed by atoms with Crippen molar-refractivity contribution in [1.82, 2.24) is 10.6 Å². The molecule has 0 atom stereocenters. The standard InChI is InChI=1S/C6H10N2/c1-7-6-4-2-3-5-8-6/h2-4,7-8H,5H2,1H3. The van der Waals surface area contributed by atoms with Crippen LogP contribution < -0.4 is 10.6 Å². The zero-order valence-electron chi connectivity index (χ0n) is 4.94. The van der Waals surface area contributed by atoms with E-state index < -0.39 is 0 Å². The van der Waals surface area contributed by atoms with E-state index in [1.807, 2.05) is 19.2 Å². The molecule has 8 heavy (non-hydrogen) atoms. The SMILES string of the molecule is CNC1=CC=CCN1. The van der Waals surface area contributed by atoms with Gasteiger partial charge < -0.3 is 10.6 Å². The van der Waals surface area contributed by atoms with Crippen LogP contribution in [0, 0.1) is 0 Å². The van der Waals surface area contributed by atoms with Crippen molar-refractivity contribution >= 4 is 0 Å². The van der Waals surface area contributed by atoms with Gasteiger partial charge in [-0.25, -0.2) is 0 Å². The highest BCUT2D eigenvalue weighted by Gasteiger charge is 1.89. The molecule has 1 aliphatic rings. The lowest BCUT2D eigenvalue weighted by molar-refractivity contribution is 0.785. The summed E-state index contributed by atoms with van der Waals surface area (Å²) >= 11 is 0. The molecule has 0 aromatic rings. The van der Waals surface area contributed by atoms with E-state index in [9.17, 15) is 0 Å². The molecule has 0 saturated heterocycles. The minimum Gasteiger partial charge on any atom is -0.375 e. The molecule has 0 bridgehead atoms. The van der Waals surface area contributed by atoms with Crippen molar-refractivity contribution in [3.05, 3.63) is 24.0 Å². The highest BCUT2D eigenvalue weighted by atomic mass is 15.1. The van der Waals surface area contributed by atoms with Crippen LogP contribution in [-0.2, 0) is 0 Å². The minimum absolute atomic E-state index is 0.937. The summed E-state index contributed by atoms with van der Waals surface area (Å²) in [6.07, 6.45) is 6.10. The third kappa shape index (κ3) is 1.03. The van der Waals surface area contributed by atoms with Crippen molar-refractivity contribution in [1.29, 1.82) is 0 Å². The van der Waals surface area contributed by atoms with E-state index in [-0.39, 0.29) is 0 Å². The van der Waals surface area contributed by atoms with Crippen LogP contribution in [0.1, 0.15) is 0 Å². The van der Waals surface area contributed by atoms with Crippen LogP contribution in [0.25, 0.3) is 0 Å². The van der Waals surface area contributed by atoms with Crippen LogP contribution in [0.5, 0.6) is 0 Å². The largest absolute Gasteiger partial charge is 0.375 e. The lowest BCUT2D eigenvalue weighted by Gasteiger charge is -2.09. The first kappa shape index (κ1) is 5.22. The third-order valence-corrected chi connectivity index (χ3v) is 1.08. The van der Waals surface area contributed by atoms with Crippen molar-refractivity contribution in [3.8, 4) is 0 Å². The number of hydrogen-bond acceptors (Lipinski definition) is 2. The molecule has 0 spiro atoms. The molecule has 2 nitrogen and oxygen atoms in total. The third-order valence-electron chi connectivity index (χ3n) is 1.08. The summed E-state index contributed by atoms with van der Waals surface area (Å²) in [5.41, 5.74) is 0. The predicted molar refractivity (Wildman–Crippen MR) is 34.3 cm³/mol. The number of nitrogens with one attached hydrogen (secondary N) is 2. The maximum atomic E-state index is 3.13. The first-order chi connectivity index (χ1) is 3.93. The molecule has 0 radical (unpaired) electrons. The molecule has 0 aliphatic carbocycles. The maximum Gasteiger partial charge on any atom is 0.0986 e. The zero-order chi connectivity index (χ0) is 5.82. The second kappa shape index (κ2) is 2.40. The predicted octanol–water partition coefficient (Wildman–Crippen LogP) is 0.207. The Labute approximate surface area is 49.3 Å². The number of allylic oxidation sites excluding steroid dienone is 2. The van der Waals surface area contributed by atoms with Crippen molar-refractivity contribution in [2.24, 2.45) is 0 Å². The number of dihydropyridines is 1. The van der Waals surface area contributed by atoms with Crippen LogP contribution >= 0.6 is 0 Å². The first-order valence-electron chi connectivity index (χ1n) is 2.72. The molecular weight excluding hydrogens is 100 g/mol. The Kier molecular flexibility index (Phi) is 1.57. The van der Waals surface area contributed by atoms with E-state index in [1.54, 1.807) is 0 Å². The fourth-order valence-corrected chi connectivity index (χ4v) is 0.632. The van der Waals surface area contributed by atoms with E-state index in [2.05, 4.69) is 16.7 Å². The van der Waals surface area contributed by atoms with Crippen molar-refractivity contribution in [2.45, 2.75) is 0 Å². The van der Waals surface area contributed by atoms with Crippen LogP contribution in [-0.4, -0.2) is 13.6 Å². The Balaban J connectivity index is 2.50. The molecule has 2 heteroatoms. The number of hydrogen-bond donors (Lipinski definition) is 2. The van der Waals surface area contributed by atoms with Crippen molar-refractivity contribution in [2.75, 3.05) is 13.6 Å². The molecule has 0 fully saturated rings. The van der Waals surface area contributed by atoms with E-state index >= 15 is 0 Å². The van der Waals surface area contributed by atoms with Gasteiger partial charge in [0.1, 0.15) is 0 Å². The molecule has 0 unspecified atom stereocenters. The summed E-state index contributed by atoms with van der Waals surface area (Å²) in [6.45, 7) is 0.937. The molecule has 1 aliphatic heterocycles. The molecular formula is C6H10N2. The van der Waals surface area contributed by atoms with Gasteiger partial charge in [-0.15, -0.1) is 0 Å². The van der Waals surface area contributed by atoms with E-state index in [0.29, 0.717) is 0 Å². The van der Waals surface area contributed by atoms with Crippen LogP contribution in [0.4, 0.5) is 0 Å². The van der Waals surface area contributed by atoms with Gasteiger partial charge in [-0.1, -0.05) is 12.2 Å². The normalized spacial score (nSPS) is 16.9. The molecule has 1 heterocycles.